The number of nitrogens with one attached hydrogen (secondary N) is 1. The van der Waals surface area contributed by atoms with Crippen molar-refractivity contribution in [3.05, 3.63) is 0 Å². The van der Waals surface area contributed by atoms with Crippen molar-refractivity contribution in [2.45, 2.75) is 214 Å². The van der Waals surface area contributed by atoms with Crippen LogP contribution in [0.3, 0.4) is 0 Å². The molecule has 0 saturated carbocycles. The van der Waals surface area contributed by atoms with E-state index in [1.165, 1.54) is 70.6 Å². The second-order valence-electron chi connectivity index (χ2n) is 14.8. The average Bonchev–Trinajstić information content (AvgIpc) is 2.90. The summed E-state index contributed by atoms with van der Waals surface area (Å²) >= 11 is 0. The number of amides is 1. The predicted molar refractivity (Wildman–Crippen MR) is 180 cm³/mol. The molecule has 1 N–H and O–H groups in total. The lowest BCUT2D eigenvalue weighted by atomic mass is 9.79. The van der Waals surface area contributed by atoms with E-state index < -0.39 is 0 Å². The summed E-state index contributed by atoms with van der Waals surface area (Å²) in [5.41, 5.74) is -0.830. The first-order valence-electron chi connectivity index (χ1n) is 17.9. The number of hydrogen-bond donors (Lipinski definition) is 1. The summed E-state index contributed by atoms with van der Waals surface area (Å²) in [6, 6.07) is 0. The molecular formula is C37H75NO3. The topological polar surface area (TPSA) is 47.6 Å². The maximum atomic E-state index is 13.3. The molecule has 1 amide bonds. The van der Waals surface area contributed by atoms with E-state index in [0.717, 1.165) is 57.8 Å². The maximum Gasteiger partial charge on any atom is 0.225 e. The number of unbranched alkanes of at least 4 members (excludes halogenated alkanes) is 10. The Morgan fingerprint density at radius 2 is 1.00 bits per heavy atom. The van der Waals surface area contributed by atoms with Crippen LogP contribution in [-0.4, -0.2) is 35.9 Å². The summed E-state index contributed by atoms with van der Waals surface area (Å²) in [4.78, 5) is 13.3. The highest BCUT2D eigenvalue weighted by atomic mass is 16.5. The van der Waals surface area contributed by atoms with Crippen LogP contribution in [0.2, 0.25) is 0 Å². The van der Waals surface area contributed by atoms with Crippen molar-refractivity contribution in [2.24, 2.45) is 5.41 Å². The Kier molecular flexibility index (Phi) is 21.7. The van der Waals surface area contributed by atoms with Crippen molar-refractivity contribution in [3.8, 4) is 0 Å². The zero-order valence-electron chi connectivity index (χ0n) is 29.8. The molecule has 1 atom stereocenters. The van der Waals surface area contributed by atoms with Gasteiger partial charge in [-0.25, -0.2) is 0 Å². The van der Waals surface area contributed by atoms with Crippen molar-refractivity contribution >= 4 is 5.91 Å². The Bertz CT molecular complexity index is 632. The molecule has 41 heavy (non-hydrogen) atoms. The monoisotopic (exact) mass is 582 g/mol. The predicted octanol–water partition coefficient (Wildman–Crippen LogP) is 11.3. The molecule has 0 aromatic heterocycles. The minimum Gasteiger partial charge on any atom is -0.375 e. The molecule has 0 bridgehead atoms. The van der Waals surface area contributed by atoms with E-state index in [9.17, 15) is 4.79 Å². The summed E-state index contributed by atoms with van der Waals surface area (Å²) in [5, 5.41) is 3.28. The molecule has 4 nitrogen and oxygen atoms in total. The van der Waals surface area contributed by atoms with E-state index in [1.807, 2.05) is 0 Å². The number of rotatable bonds is 28. The summed E-state index contributed by atoms with van der Waals surface area (Å²) in [6.45, 7) is 23.6. The number of ether oxygens (including phenoxy) is 2. The van der Waals surface area contributed by atoms with Gasteiger partial charge in [0.05, 0.1) is 23.4 Å². The number of hydrogen-bond acceptors (Lipinski definition) is 3. The van der Waals surface area contributed by atoms with Crippen LogP contribution in [0.15, 0.2) is 0 Å². The van der Waals surface area contributed by atoms with Gasteiger partial charge in [0.1, 0.15) is 0 Å². The number of carbonyl (C=O) groups is 1. The van der Waals surface area contributed by atoms with Gasteiger partial charge in [0.2, 0.25) is 5.91 Å². The Labute approximate surface area is 258 Å². The Morgan fingerprint density at radius 1 is 0.537 bits per heavy atom. The summed E-state index contributed by atoms with van der Waals surface area (Å²) in [7, 11) is 0. The molecule has 0 spiro atoms. The minimum atomic E-state index is -0.284. The van der Waals surface area contributed by atoms with Crippen LogP contribution in [0.5, 0.6) is 0 Å². The molecule has 246 valence electrons. The molecule has 0 radical (unpaired) electrons. The first kappa shape index (κ1) is 40.4. The molecule has 4 heteroatoms. The molecule has 1 unspecified atom stereocenters. The smallest absolute Gasteiger partial charge is 0.225 e. The lowest BCUT2D eigenvalue weighted by Gasteiger charge is -2.40. The van der Waals surface area contributed by atoms with Gasteiger partial charge in [-0.15, -0.1) is 0 Å². The van der Waals surface area contributed by atoms with Crippen molar-refractivity contribution < 1.29 is 14.3 Å². The van der Waals surface area contributed by atoms with E-state index in [4.69, 9.17) is 9.47 Å². The van der Waals surface area contributed by atoms with Crippen LogP contribution >= 0.6 is 0 Å². The fraction of sp³-hybridized carbons (Fsp3) is 0.973. The van der Waals surface area contributed by atoms with E-state index >= 15 is 0 Å². The zero-order valence-corrected chi connectivity index (χ0v) is 29.8. The van der Waals surface area contributed by atoms with Crippen LogP contribution in [0.25, 0.3) is 0 Å². The Morgan fingerprint density at radius 3 is 1.49 bits per heavy atom. The molecule has 0 aromatic rings. The van der Waals surface area contributed by atoms with Crippen molar-refractivity contribution in [3.63, 3.8) is 0 Å². The van der Waals surface area contributed by atoms with Crippen molar-refractivity contribution in [1.29, 1.82) is 0 Å². The highest BCUT2D eigenvalue weighted by Gasteiger charge is 2.34. The second kappa shape index (κ2) is 22.0. The van der Waals surface area contributed by atoms with Crippen molar-refractivity contribution in [1.82, 2.24) is 5.32 Å². The lowest BCUT2D eigenvalue weighted by Crippen LogP contribution is -2.42. The largest absolute Gasteiger partial charge is 0.375 e. The van der Waals surface area contributed by atoms with Gasteiger partial charge < -0.3 is 14.8 Å². The third kappa shape index (κ3) is 20.1. The summed E-state index contributed by atoms with van der Waals surface area (Å²) in [5.74, 6) is 0.227. The van der Waals surface area contributed by atoms with E-state index in [0.29, 0.717) is 13.2 Å². The molecule has 0 heterocycles. The quantitative estimate of drug-likeness (QED) is 0.0935. The molecule has 0 aliphatic carbocycles. The molecular weight excluding hydrogens is 506 g/mol. The summed E-state index contributed by atoms with van der Waals surface area (Å²) in [6.07, 6.45) is 23.3. The maximum absolute atomic E-state index is 13.3. The average molecular weight is 582 g/mol. The fourth-order valence-electron chi connectivity index (χ4n) is 5.99. The normalized spacial score (nSPS) is 14.3. The number of carbonyl (C=O) groups excluding carboxylic acids is 1. The second-order valence-corrected chi connectivity index (χ2v) is 14.8. The van der Waals surface area contributed by atoms with Crippen LogP contribution < -0.4 is 5.32 Å². The molecule has 0 rings (SSSR count). The molecule has 0 saturated heterocycles. The summed E-state index contributed by atoms with van der Waals surface area (Å²) < 4.78 is 13.3. The van der Waals surface area contributed by atoms with Gasteiger partial charge in [-0.05, 0) is 73.1 Å². The van der Waals surface area contributed by atoms with E-state index in [-0.39, 0.29) is 28.1 Å². The van der Waals surface area contributed by atoms with Gasteiger partial charge in [0, 0.05) is 12.0 Å². The van der Waals surface area contributed by atoms with Gasteiger partial charge in [-0.3, -0.25) is 4.79 Å². The first-order valence-corrected chi connectivity index (χ1v) is 17.9. The van der Waals surface area contributed by atoms with Gasteiger partial charge >= 0.3 is 0 Å². The standard InChI is InChI=1S/C37H75NO3/c1-11-15-19-22-26-36(9,25-18-14-4)33(39)38-31-29-34(5,6)40-32-30-35(7,8)41-37(10,27-23-20-16-12-2)28-24-21-17-13-3/h11-32H2,1-10H3,(H,38,39). The lowest BCUT2D eigenvalue weighted by molar-refractivity contribution is -0.155. The minimum absolute atomic E-state index is 0.0637. The Hall–Kier alpha value is -0.610. The third-order valence-corrected chi connectivity index (χ3v) is 9.06. The van der Waals surface area contributed by atoms with Crippen LogP contribution in [0.4, 0.5) is 0 Å². The molecule has 0 aromatic carbocycles. The van der Waals surface area contributed by atoms with Gasteiger partial charge in [0.15, 0.2) is 0 Å². The highest BCUT2D eigenvalue weighted by Crippen LogP contribution is 2.34. The first-order chi connectivity index (χ1) is 19.3. The van der Waals surface area contributed by atoms with Crippen LogP contribution in [0, 0.1) is 5.41 Å². The van der Waals surface area contributed by atoms with Gasteiger partial charge in [-0.1, -0.05) is 125 Å². The van der Waals surface area contributed by atoms with E-state index in [2.05, 4.69) is 74.6 Å². The van der Waals surface area contributed by atoms with Crippen LogP contribution in [-0.2, 0) is 14.3 Å². The zero-order chi connectivity index (χ0) is 31.3. The fourth-order valence-corrected chi connectivity index (χ4v) is 5.99. The molecule has 0 fully saturated rings. The SMILES string of the molecule is CCCCCCC(C)(CCCCCC)OC(C)(C)CCOC(C)(C)CCNC(=O)C(C)(CCCC)CCCCCC. The third-order valence-electron chi connectivity index (χ3n) is 9.06. The molecule has 0 aliphatic rings. The van der Waals surface area contributed by atoms with E-state index in [1.54, 1.807) is 0 Å². The molecule has 0 aliphatic heterocycles. The highest BCUT2D eigenvalue weighted by molar-refractivity contribution is 5.82. The van der Waals surface area contributed by atoms with Crippen LogP contribution in [0.1, 0.15) is 198 Å². The van der Waals surface area contributed by atoms with Crippen molar-refractivity contribution in [2.75, 3.05) is 13.2 Å². The van der Waals surface area contributed by atoms with Gasteiger partial charge in [-0.2, -0.15) is 0 Å². The van der Waals surface area contributed by atoms with Gasteiger partial charge in [0.25, 0.3) is 0 Å². The Balaban J connectivity index is 4.82.